The van der Waals surface area contributed by atoms with Crippen molar-refractivity contribution in [1.82, 2.24) is 9.80 Å². The Morgan fingerprint density at radius 2 is 1.74 bits per heavy atom. The minimum Gasteiger partial charge on any atom is -0.510 e. The number of nitrogens with zero attached hydrogens (tertiary/aromatic N) is 2. The van der Waals surface area contributed by atoms with Gasteiger partial charge in [-0.05, 0) is 64.7 Å². The first kappa shape index (κ1) is 31.0. The molecule has 0 saturated heterocycles. The van der Waals surface area contributed by atoms with Crippen LogP contribution in [-0.2, 0) is 22.6 Å². The first-order valence-corrected chi connectivity index (χ1v) is 15.1. The fourth-order valence-corrected chi connectivity index (χ4v) is 8.08. The molecule has 0 bridgehead atoms. The van der Waals surface area contributed by atoms with Crippen molar-refractivity contribution in [3.8, 4) is 11.5 Å². The summed E-state index contributed by atoms with van der Waals surface area (Å²) in [6.07, 6.45) is 7.63. The van der Waals surface area contributed by atoms with Gasteiger partial charge >= 0.3 is 0 Å². The number of fused-ring (bicyclic) bond motifs is 3. The molecule has 1 fully saturated rings. The van der Waals surface area contributed by atoms with E-state index in [-0.39, 0.29) is 29.7 Å². The predicted molar refractivity (Wildman–Crippen MR) is 158 cm³/mol. The highest BCUT2D eigenvalue weighted by molar-refractivity contribution is 6.24. The van der Waals surface area contributed by atoms with Gasteiger partial charge in [0.1, 0.15) is 28.6 Å². The Hall–Kier alpha value is -3.41. The molecule has 4 aliphatic carbocycles. The van der Waals surface area contributed by atoms with Crippen LogP contribution < -0.4 is 10.5 Å². The molecular weight excluding hydrogens is 554 g/mol. The average molecular weight is 598 g/mol. The number of methoxy groups -OCH3 is 1. The van der Waals surface area contributed by atoms with E-state index in [2.05, 4.69) is 4.90 Å². The molecule has 5 rings (SSSR count). The third kappa shape index (κ3) is 5.01. The minimum absolute atomic E-state index is 0.0293. The van der Waals surface area contributed by atoms with Gasteiger partial charge in [0.2, 0.25) is 5.78 Å². The van der Waals surface area contributed by atoms with Gasteiger partial charge in [-0.3, -0.25) is 19.3 Å². The lowest BCUT2D eigenvalue weighted by Gasteiger charge is -2.50. The summed E-state index contributed by atoms with van der Waals surface area (Å²) in [5, 5.41) is 45.3. The summed E-state index contributed by atoms with van der Waals surface area (Å²) in [5.41, 5.74) is 2.91. The SMILES string of the molecule is COc1c(CN(C)CC2CCCCCC2)cc(O)c2c1C[C@H]1C[C@H]3[C@H](N(C)C)C(O)=C(C(N)=O)C(=O)[C@@]3(O)C(O)=C1C2=O. The fraction of sp³-hybridized carbons (Fsp3) is 0.594. The number of nitrogens with two attached hydrogens (primary N) is 1. The number of rotatable bonds is 7. The fourth-order valence-electron chi connectivity index (χ4n) is 8.08. The van der Waals surface area contributed by atoms with Crippen LogP contribution >= 0.6 is 0 Å². The van der Waals surface area contributed by atoms with Crippen LogP contribution in [0.15, 0.2) is 28.7 Å². The van der Waals surface area contributed by atoms with E-state index in [1.54, 1.807) is 14.1 Å². The second-order valence-corrected chi connectivity index (χ2v) is 13.0. The zero-order chi connectivity index (χ0) is 31.4. The van der Waals surface area contributed by atoms with Crippen molar-refractivity contribution in [2.75, 3.05) is 34.8 Å². The van der Waals surface area contributed by atoms with Crippen molar-refractivity contribution < 1.29 is 39.5 Å². The molecule has 0 unspecified atom stereocenters. The maximum absolute atomic E-state index is 14.0. The third-order valence-electron chi connectivity index (χ3n) is 9.94. The van der Waals surface area contributed by atoms with E-state index in [1.807, 2.05) is 7.05 Å². The van der Waals surface area contributed by atoms with Gasteiger partial charge in [-0.25, -0.2) is 0 Å². The molecule has 0 aliphatic heterocycles. The molecular formula is C32H43N3O8. The molecule has 0 heterocycles. The maximum atomic E-state index is 14.0. The standard InChI is InChI=1S/C32H43N3O8/c1-34(2)25-20-12-17-11-19-23(26(37)22(17)29(39)32(20,42)30(40)24(27(25)38)31(33)41)21(36)13-18(28(19)43-4)15-35(3)14-16-9-7-5-6-8-10-16/h13,16-17,20,25,36,38-39,42H,5-12,14-15H2,1-4H3,(H2,33,41)/t17-,20-,25-,32-/m0/s1. The number of amides is 1. The van der Waals surface area contributed by atoms with Gasteiger partial charge in [0.25, 0.3) is 5.91 Å². The van der Waals surface area contributed by atoms with Gasteiger partial charge in [-0.2, -0.15) is 0 Å². The summed E-state index contributed by atoms with van der Waals surface area (Å²) in [5.74, 6) is -5.62. The number of ether oxygens (including phenoxy) is 1. The second-order valence-electron chi connectivity index (χ2n) is 13.0. The number of carbonyl (C=O) groups excluding carboxylic acids is 3. The number of phenols is 1. The zero-order valence-corrected chi connectivity index (χ0v) is 25.4. The van der Waals surface area contributed by atoms with Crippen molar-refractivity contribution in [2.24, 2.45) is 23.5 Å². The molecule has 4 atom stereocenters. The number of ketones is 2. The van der Waals surface area contributed by atoms with Crippen molar-refractivity contribution in [3.63, 3.8) is 0 Å². The monoisotopic (exact) mass is 597 g/mol. The van der Waals surface area contributed by atoms with Gasteiger partial charge in [0.05, 0.1) is 18.7 Å². The molecule has 1 aromatic rings. The highest BCUT2D eigenvalue weighted by Gasteiger charge is 2.63. The molecule has 4 aliphatic rings. The van der Waals surface area contributed by atoms with Crippen LogP contribution in [0.1, 0.15) is 66.4 Å². The molecule has 11 nitrogen and oxygen atoms in total. The first-order chi connectivity index (χ1) is 20.3. The quantitative estimate of drug-likeness (QED) is 0.232. The van der Waals surface area contributed by atoms with Crippen molar-refractivity contribution >= 4 is 17.5 Å². The summed E-state index contributed by atoms with van der Waals surface area (Å²) in [7, 11) is 6.76. The molecule has 1 amide bonds. The Kier molecular flexibility index (Phi) is 8.36. The second kappa shape index (κ2) is 11.6. The number of primary amides is 1. The van der Waals surface area contributed by atoms with Gasteiger partial charge in [-0.15, -0.1) is 0 Å². The number of hydrogen-bond donors (Lipinski definition) is 5. The Labute approximate surface area is 251 Å². The summed E-state index contributed by atoms with van der Waals surface area (Å²) in [6.45, 7) is 1.41. The number of Topliss-reactive ketones (excluding diaryl/α,β-unsaturated/α-hetero) is 2. The first-order valence-electron chi connectivity index (χ1n) is 15.1. The average Bonchev–Trinajstić information content (AvgIpc) is 3.19. The smallest absolute Gasteiger partial charge is 0.255 e. The normalized spacial score (nSPS) is 28.1. The number of allylic oxidation sites excluding steroid dienone is 1. The predicted octanol–water partition coefficient (Wildman–Crippen LogP) is 2.53. The lowest BCUT2D eigenvalue weighted by atomic mass is 9.58. The molecule has 0 spiro atoms. The van der Waals surface area contributed by atoms with Crippen LogP contribution in [0.4, 0.5) is 0 Å². The maximum Gasteiger partial charge on any atom is 0.255 e. The Morgan fingerprint density at radius 1 is 1.09 bits per heavy atom. The van der Waals surface area contributed by atoms with Crippen molar-refractivity contribution in [1.29, 1.82) is 0 Å². The van der Waals surface area contributed by atoms with E-state index in [4.69, 9.17) is 10.5 Å². The summed E-state index contributed by atoms with van der Waals surface area (Å²) >= 11 is 0. The molecule has 1 saturated carbocycles. The van der Waals surface area contributed by atoms with Crippen LogP contribution in [0.5, 0.6) is 11.5 Å². The molecule has 234 valence electrons. The molecule has 43 heavy (non-hydrogen) atoms. The van der Waals surface area contributed by atoms with E-state index < -0.39 is 58.0 Å². The Bertz CT molecular complexity index is 1410. The minimum atomic E-state index is -2.66. The van der Waals surface area contributed by atoms with Crippen molar-refractivity contribution in [2.45, 2.75) is 69.6 Å². The highest BCUT2D eigenvalue weighted by atomic mass is 16.5. The number of aromatic hydroxyl groups is 1. The highest BCUT2D eigenvalue weighted by Crippen LogP contribution is 2.53. The summed E-state index contributed by atoms with van der Waals surface area (Å²) in [6, 6.07) is 0.474. The molecule has 11 heteroatoms. The van der Waals surface area contributed by atoms with Gasteiger partial charge in [0.15, 0.2) is 11.4 Å². The van der Waals surface area contributed by atoms with Gasteiger partial charge in [0, 0.05) is 35.7 Å². The van der Waals surface area contributed by atoms with E-state index in [9.17, 15) is 34.8 Å². The summed E-state index contributed by atoms with van der Waals surface area (Å²) < 4.78 is 5.85. The van der Waals surface area contributed by atoms with Crippen LogP contribution in [-0.4, -0.2) is 94.1 Å². The molecule has 0 radical (unpaired) electrons. The topological polar surface area (TPSA) is 174 Å². The molecule has 1 aromatic carbocycles. The van der Waals surface area contributed by atoms with E-state index in [1.165, 1.54) is 56.6 Å². The van der Waals surface area contributed by atoms with E-state index in [0.29, 0.717) is 23.8 Å². The lowest BCUT2D eigenvalue weighted by Crippen LogP contribution is -2.63. The number of aliphatic hydroxyl groups is 3. The van der Waals surface area contributed by atoms with Gasteiger partial charge in [-0.1, -0.05) is 25.7 Å². The zero-order valence-electron chi connectivity index (χ0n) is 25.4. The Morgan fingerprint density at radius 3 is 2.33 bits per heavy atom. The van der Waals surface area contributed by atoms with Crippen LogP contribution in [0.3, 0.4) is 0 Å². The van der Waals surface area contributed by atoms with Gasteiger partial charge < -0.3 is 35.8 Å². The van der Waals surface area contributed by atoms with Crippen LogP contribution in [0, 0.1) is 17.8 Å². The number of aliphatic hydroxyl groups excluding tert-OH is 2. The van der Waals surface area contributed by atoms with E-state index >= 15 is 0 Å². The number of benzene rings is 1. The van der Waals surface area contributed by atoms with Crippen molar-refractivity contribution in [3.05, 3.63) is 45.4 Å². The van der Waals surface area contributed by atoms with Crippen LogP contribution in [0.25, 0.3) is 0 Å². The van der Waals surface area contributed by atoms with E-state index in [0.717, 1.165) is 12.1 Å². The molecule has 6 N–H and O–H groups in total. The number of likely N-dealkylation sites (N-methyl/N-ethyl adjacent to an activating group) is 1. The largest absolute Gasteiger partial charge is 0.510 e. The molecule has 0 aromatic heterocycles. The number of phenolic OH excluding ortho intramolecular Hbond substituents is 1. The summed E-state index contributed by atoms with van der Waals surface area (Å²) in [4.78, 5) is 43.3. The Balaban J connectivity index is 1.55. The van der Waals surface area contributed by atoms with Crippen LogP contribution in [0.2, 0.25) is 0 Å². The third-order valence-corrected chi connectivity index (χ3v) is 9.94. The lowest BCUT2D eigenvalue weighted by molar-refractivity contribution is -0.148. The number of carbonyl (C=O) groups is 3. The number of hydrogen-bond acceptors (Lipinski definition) is 10.